The molecule has 1 N–H and O–H groups in total. The number of nitrogens with one attached hydrogen (secondary N) is 1. The van der Waals surface area contributed by atoms with Gasteiger partial charge in [0.15, 0.2) is 15.5 Å². The summed E-state index contributed by atoms with van der Waals surface area (Å²) in [5.74, 6) is -0.828. The molecular weight excluding hydrogens is 426 g/mol. The maximum Gasteiger partial charge on any atom is 0.337 e. The first-order chi connectivity index (χ1) is 14.4. The third-order valence-electron chi connectivity index (χ3n) is 4.84. The van der Waals surface area contributed by atoms with Crippen LogP contribution in [0.3, 0.4) is 0 Å². The fourth-order valence-corrected chi connectivity index (χ4v) is 5.82. The summed E-state index contributed by atoms with van der Waals surface area (Å²) in [6, 6.07) is 11.6. The molecule has 0 bridgehead atoms. The van der Waals surface area contributed by atoms with Crippen LogP contribution < -0.4 is 5.32 Å². The van der Waals surface area contributed by atoms with Gasteiger partial charge in [-0.15, -0.1) is 11.3 Å². The van der Waals surface area contributed by atoms with E-state index in [9.17, 15) is 18.0 Å². The van der Waals surface area contributed by atoms with Crippen LogP contribution in [0.15, 0.2) is 47.8 Å². The molecule has 156 valence electrons. The first-order valence-corrected chi connectivity index (χ1v) is 11.9. The minimum Gasteiger partial charge on any atom is -0.465 e. The van der Waals surface area contributed by atoms with Crippen molar-refractivity contribution in [2.75, 3.05) is 23.9 Å². The summed E-state index contributed by atoms with van der Waals surface area (Å²) < 4.78 is 30.2. The van der Waals surface area contributed by atoms with Gasteiger partial charge in [0, 0.05) is 5.69 Å². The highest BCUT2D eigenvalue weighted by atomic mass is 32.2. The number of carbonyl (C=O) groups excluding carboxylic acids is 2. The van der Waals surface area contributed by atoms with Crippen molar-refractivity contribution in [1.82, 2.24) is 9.78 Å². The Labute approximate surface area is 177 Å². The Kier molecular flexibility index (Phi) is 5.44. The quantitative estimate of drug-likeness (QED) is 0.605. The van der Waals surface area contributed by atoms with Crippen LogP contribution in [-0.2, 0) is 14.6 Å². The fourth-order valence-electron chi connectivity index (χ4n) is 3.40. The van der Waals surface area contributed by atoms with Gasteiger partial charge in [-0.05, 0) is 42.1 Å². The van der Waals surface area contributed by atoms with Crippen molar-refractivity contribution in [3.05, 3.63) is 59.1 Å². The highest BCUT2D eigenvalue weighted by molar-refractivity contribution is 7.91. The number of aromatic nitrogens is 2. The van der Waals surface area contributed by atoms with Crippen LogP contribution in [0.25, 0.3) is 10.6 Å². The number of sulfone groups is 1. The number of thiophene rings is 1. The Balaban J connectivity index is 1.64. The van der Waals surface area contributed by atoms with Crippen LogP contribution >= 0.6 is 11.3 Å². The van der Waals surface area contributed by atoms with E-state index in [2.05, 4.69) is 10.4 Å². The van der Waals surface area contributed by atoms with E-state index in [0.29, 0.717) is 23.4 Å². The molecule has 0 spiro atoms. The Morgan fingerprint density at radius 3 is 2.73 bits per heavy atom. The maximum atomic E-state index is 12.8. The summed E-state index contributed by atoms with van der Waals surface area (Å²) in [6.07, 6.45) is 0.463. The summed E-state index contributed by atoms with van der Waals surface area (Å²) in [6.45, 7) is 0. The number of rotatable bonds is 5. The molecule has 4 rings (SSSR count). The Morgan fingerprint density at radius 1 is 1.23 bits per heavy atom. The molecule has 1 saturated heterocycles. The molecule has 3 heterocycles. The number of esters is 1. The van der Waals surface area contributed by atoms with Gasteiger partial charge < -0.3 is 10.1 Å². The normalized spacial score (nSPS) is 17.6. The second-order valence-electron chi connectivity index (χ2n) is 6.92. The topological polar surface area (TPSA) is 107 Å². The van der Waals surface area contributed by atoms with Crippen LogP contribution in [0, 0.1) is 0 Å². The van der Waals surface area contributed by atoms with Crippen molar-refractivity contribution in [1.29, 1.82) is 0 Å². The summed E-state index contributed by atoms with van der Waals surface area (Å²) in [5, 5.41) is 9.08. The Bertz CT molecular complexity index is 1200. The van der Waals surface area contributed by atoms with Crippen LogP contribution in [0.5, 0.6) is 0 Å². The molecular formula is C20H19N3O5S2. The number of amides is 1. The van der Waals surface area contributed by atoms with Gasteiger partial charge in [-0.3, -0.25) is 9.48 Å². The minimum absolute atomic E-state index is 0.00922. The number of benzene rings is 1. The molecule has 2 aromatic heterocycles. The number of hydrogen-bond donors (Lipinski definition) is 1. The number of carbonyl (C=O) groups is 2. The van der Waals surface area contributed by atoms with E-state index < -0.39 is 21.7 Å². The molecule has 0 radical (unpaired) electrons. The maximum absolute atomic E-state index is 12.8. The van der Waals surface area contributed by atoms with Crippen LogP contribution in [0.4, 0.5) is 5.69 Å². The zero-order valence-electron chi connectivity index (χ0n) is 16.1. The standard InChI is InChI=1S/C20H19N3O5S2/c1-28-20(25)13-4-2-5-14(10-13)21-19(24)16-11-17(18-6-3-8-29-18)23(22-16)15-7-9-30(26,27)12-15/h2-6,8,10-11,15H,7,9,12H2,1H3,(H,21,24)/t15-/m1/s1. The summed E-state index contributed by atoms with van der Waals surface area (Å²) in [4.78, 5) is 25.4. The zero-order valence-corrected chi connectivity index (χ0v) is 17.7. The molecule has 1 amide bonds. The summed E-state index contributed by atoms with van der Waals surface area (Å²) in [7, 11) is -1.82. The van der Waals surface area contributed by atoms with E-state index in [1.54, 1.807) is 28.9 Å². The number of methoxy groups -OCH3 is 1. The lowest BCUT2D eigenvalue weighted by atomic mass is 10.2. The molecule has 8 nitrogen and oxygen atoms in total. The van der Waals surface area contributed by atoms with E-state index in [0.717, 1.165) is 4.88 Å². The van der Waals surface area contributed by atoms with Gasteiger partial charge in [-0.25, -0.2) is 13.2 Å². The molecule has 1 aliphatic heterocycles. The van der Waals surface area contributed by atoms with Crippen molar-refractivity contribution < 1.29 is 22.7 Å². The lowest BCUT2D eigenvalue weighted by Gasteiger charge is -2.12. The second-order valence-corrected chi connectivity index (χ2v) is 10.1. The lowest BCUT2D eigenvalue weighted by molar-refractivity contribution is 0.0600. The smallest absolute Gasteiger partial charge is 0.337 e. The number of hydrogen-bond acceptors (Lipinski definition) is 7. The van der Waals surface area contributed by atoms with E-state index in [1.165, 1.54) is 24.5 Å². The first kappa shape index (κ1) is 20.3. The SMILES string of the molecule is COC(=O)c1cccc(NC(=O)c2cc(-c3cccs3)n([C@@H]3CCS(=O)(=O)C3)n2)c1. The van der Waals surface area contributed by atoms with Crippen molar-refractivity contribution >= 4 is 38.7 Å². The van der Waals surface area contributed by atoms with Crippen molar-refractivity contribution in [3.8, 4) is 10.6 Å². The third kappa shape index (κ3) is 4.14. The Hall–Kier alpha value is -2.98. The fraction of sp³-hybridized carbons (Fsp3) is 0.250. The lowest BCUT2D eigenvalue weighted by Crippen LogP contribution is -2.16. The largest absolute Gasteiger partial charge is 0.465 e. The van der Waals surface area contributed by atoms with Crippen molar-refractivity contribution in [2.45, 2.75) is 12.5 Å². The van der Waals surface area contributed by atoms with Crippen molar-refractivity contribution in [3.63, 3.8) is 0 Å². The third-order valence-corrected chi connectivity index (χ3v) is 7.48. The summed E-state index contributed by atoms with van der Waals surface area (Å²) >= 11 is 1.49. The van der Waals surface area contributed by atoms with Crippen molar-refractivity contribution in [2.24, 2.45) is 0 Å². The van der Waals surface area contributed by atoms with Gasteiger partial charge >= 0.3 is 5.97 Å². The average Bonchev–Trinajstić information content (AvgIpc) is 3.46. The molecule has 1 atom stereocenters. The molecule has 0 saturated carbocycles. The van der Waals surface area contributed by atoms with Crippen LogP contribution in [0.1, 0.15) is 33.3 Å². The molecule has 30 heavy (non-hydrogen) atoms. The highest BCUT2D eigenvalue weighted by Gasteiger charge is 2.32. The van der Waals surface area contributed by atoms with Gasteiger partial charge in [0.25, 0.3) is 5.91 Å². The number of anilines is 1. The summed E-state index contributed by atoms with van der Waals surface area (Å²) in [5.41, 5.74) is 1.63. The van der Waals surface area contributed by atoms with E-state index in [1.807, 2.05) is 17.5 Å². The number of nitrogens with zero attached hydrogens (tertiary/aromatic N) is 2. The van der Waals surface area contributed by atoms with Gasteiger partial charge in [0.1, 0.15) is 0 Å². The molecule has 1 aliphatic rings. The van der Waals surface area contributed by atoms with Crippen LogP contribution in [-0.4, -0.2) is 48.7 Å². The second kappa shape index (κ2) is 8.04. The van der Waals surface area contributed by atoms with Gasteiger partial charge in [0.2, 0.25) is 0 Å². The van der Waals surface area contributed by atoms with Crippen LogP contribution in [0.2, 0.25) is 0 Å². The average molecular weight is 446 g/mol. The molecule has 10 heteroatoms. The molecule has 3 aromatic rings. The minimum atomic E-state index is -3.11. The molecule has 1 aromatic carbocycles. The zero-order chi connectivity index (χ0) is 21.3. The van der Waals surface area contributed by atoms with Gasteiger partial charge in [-0.1, -0.05) is 12.1 Å². The van der Waals surface area contributed by atoms with Gasteiger partial charge in [0.05, 0.1) is 40.8 Å². The Morgan fingerprint density at radius 2 is 2.07 bits per heavy atom. The molecule has 0 aliphatic carbocycles. The monoisotopic (exact) mass is 445 g/mol. The number of ether oxygens (including phenoxy) is 1. The first-order valence-electron chi connectivity index (χ1n) is 9.20. The van der Waals surface area contributed by atoms with E-state index in [-0.39, 0.29) is 23.2 Å². The predicted molar refractivity (Wildman–Crippen MR) is 114 cm³/mol. The molecule has 0 unspecified atom stereocenters. The van der Waals surface area contributed by atoms with E-state index >= 15 is 0 Å². The highest BCUT2D eigenvalue weighted by Crippen LogP contribution is 2.32. The molecule has 1 fully saturated rings. The predicted octanol–water partition coefficient (Wildman–Crippen LogP) is 3.01. The van der Waals surface area contributed by atoms with E-state index in [4.69, 9.17) is 4.74 Å². The van der Waals surface area contributed by atoms with Gasteiger partial charge in [-0.2, -0.15) is 5.10 Å².